The second-order valence-corrected chi connectivity index (χ2v) is 9.29. The van der Waals surface area contributed by atoms with Crippen LogP contribution in [-0.4, -0.2) is 48.0 Å². The second kappa shape index (κ2) is 9.14. The number of amides is 3. The minimum absolute atomic E-state index is 0.0158. The Hall–Kier alpha value is -2.80. The Morgan fingerprint density at radius 3 is 2.45 bits per heavy atom. The second-order valence-electron chi connectivity index (χ2n) is 8.28. The third-order valence-corrected chi connectivity index (χ3v) is 6.75. The molecule has 0 radical (unpaired) electrons. The summed E-state index contributed by atoms with van der Waals surface area (Å²) in [7, 11) is 0. The summed E-state index contributed by atoms with van der Waals surface area (Å²) in [6, 6.07) is 13.2. The zero-order valence-electron chi connectivity index (χ0n) is 17.9. The molecule has 0 unspecified atom stereocenters. The number of carbonyl (C=O) groups is 3. The first kappa shape index (κ1) is 21.4. The Balaban J connectivity index is 1.50. The van der Waals surface area contributed by atoms with E-state index in [4.69, 9.17) is 0 Å². The number of fused-ring (bicyclic) bond motifs is 1. The number of hydrogen-bond acceptors (Lipinski definition) is 4. The normalized spacial score (nSPS) is 15.9. The summed E-state index contributed by atoms with van der Waals surface area (Å²) in [6.07, 6.45) is 2.05. The zero-order chi connectivity index (χ0) is 22.0. The van der Waals surface area contributed by atoms with Crippen LogP contribution in [0.3, 0.4) is 0 Å². The Labute approximate surface area is 187 Å². The molecule has 0 aliphatic carbocycles. The number of benzene rings is 2. The predicted octanol–water partition coefficient (Wildman–Crippen LogP) is 4.12. The van der Waals surface area contributed by atoms with Crippen LogP contribution in [0.15, 0.2) is 47.4 Å². The fourth-order valence-electron chi connectivity index (χ4n) is 3.91. The Morgan fingerprint density at radius 1 is 1.06 bits per heavy atom. The van der Waals surface area contributed by atoms with E-state index in [0.717, 1.165) is 30.8 Å². The van der Waals surface area contributed by atoms with Crippen molar-refractivity contribution in [3.8, 4) is 0 Å². The van der Waals surface area contributed by atoms with E-state index in [1.54, 1.807) is 6.07 Å². The average molecular weight is 438 g/mol. The molecule has 0 atom stereocenters. The van der Waals surface area contributed by atoms with Gasteiger partial charge in [-0.15, -0.1) is 11.8 Å². The number of likely N-dealkylation sites (tertiary alicyclic amines) is 1. The van der Waals surface area contributed by atoms with Crippen molar-refractivity contribution in [2.75, 3.05) is 35.6 Å². The van der Waals surface area contributed by atoms with Crippen LogP contribution in [0.25, 0.3) is 0 Å². The lowest BCUT2D eigenvalue weighted by atomic mass is 10.0. The van der Waals surface area contributed by atoms with Gasteiger partial charge in [0.2, 0.25) is 11.8 Å². The van der Waals surface area contributed by atoms with Crippen LogP contribution in [-0.2, 0) is 9.59 Å². The van der Waals surface area contributed by atoms with Crippen LogP contribution < -0.4 is 10.2 Å². The van der Waals surface area contributed by atoms with Gasteiger partial charge in [-0.05, 0) is 54.7 Å². The van der Waals surface area contributed by atoms with E-state index in [2.05, 4.69) is 19.2 Å². The fourth-order valence-corrected chi connectivity index (χ4v) is 4.82. The van der Waals surface area contributed by atoms with E-state index in [9.17, 15) is 14.4 Å². The number of anilines is 2. The summed E-state index contributed by atoms with van der Waals surface area (Å²) in [5, 5.41) is 2.87. The Bertz CT molecular complexity index is 998. The molecular formula is C24H27N3O3S. The first-order valence-corrected chi connectivity index (χ1v) is 11.7. The van der Waals surface area contributed by atoms with Crippen LogP contribution in [0.5, 0.6) is 0 Å². The number of nitrogens with zero attached hydrogens (tertiary/aromatic N) is 2. The van der Waals surface area contributed by atoms with Gasteiger partial charge in [0, 0.05) is 29.2 Å². The molecule has 1 N–H and O–H groups in total. The van der Waals surface area contributed by atoms with Gasteiger partial charge in [-0.1, -0.05) is 26.0 Å². The number of rotatable bonds is 5. The summed E-state index contributed by atoms with van der Waals surface area (Å²) in [5.41, 5.74) is 3.10. The monoisotopic (exact) mass is 437 g/mol. The van der Waals surface area contributed by atoms with Gasteiger partial charge in [-0.3, -0.25) is 14.4 Å². The molecule has 3 amide bonds. The van der Waals surface area contributed by atoms with Crippen LogP contribution in [0, 0.1) is 0 Å². The summed E-state index contributed by atoms with van der Waals surface area (Å²) in [6.45, 7) is 5.69. The molecule has 4 rings (SSSR count). The first-order chi connectivity index (χ1) is 14.9. The number of hydrogen-bond donors (Lipinski definition) is 1. The van der Waals surface area contributed by atoms with Crippen LogP contribution in [0.1, 0.15) is 48.5 Å². The molecular weight excluding hydrogens is 410 g/mol. The number of thioether (sulfide) groups is 1. The maximum absolute atomic E-state index is 12.8. The van der Waals surface area contributed by atoms with Crippen LogP contribution >= 0.6 is 11.8 Å². The third kappa shape index (κ3) is 4.77. The molecule has 0 spiro atoms. The fraction of sp³-hybridized carbons (Fsp3) is 0.375. The van der Waals surface area contributed by atoms with E-state index in [0.29, 0.717) is 22.9 Å². The zero-order valence-corrected chi connectivity index (χ0v) is 18.7. The minimum Gasteiger partial charge on any atom is -0.339 e. The van der Waals surface area contributed by atoms with Gasteiger partial charge in [0.1, 0.15) is 6.54 Å². The van der Waals surface area contributed by atoms with Crippen molar-refractivity contribution in [3.05, 3.63) is 53.6 Å². The first-order valence-electron chi connectivity index (χ1n) is 10.7. The van der Waals surface area contributed by atoms with Gasteiger partial charge in [0.15, 0.2) is 0 Å². The molecule has 1 fully saturated rings. The van der Waals surface area contributed by atoms with E-state index < -0.39 is 0 Å². The molecule has 6 nitrogen and oxygen atoms in total. The third-order valence-electron chi connectivity index (χ3n) is 5.70. The minimum atomic E-state index is -0.264. The molecule has 0 saturated carbocycles. The lowest BCUT2D eigenvalue weighted by Gasteiger charge is -2.29. The highest BCUT2D eigenvalue weighted by molar-refractivity contribution is 8.00. The van der Waals surface area contributed by atoms with Crippen molar-refractivity contribution >= 4 is 40.9 Å². The number of carbonyl (C=O) groups excluding carboxylic acids is 3. The summed E-state index contributed by atoms with van der Waals surface area (Å²) >= 11 is 1.44. The molecule has 2 aliphatic heterocycles. The molecule has 1 saturated heterocycles. The van der Waals surface area contributed by atoms with Crippen molar-refractivity contribution in [2.45, 2.75) is 37.5 Å². The standard InChI is InChI=1S/C24H27N3O3S/c1-16(2)17-5-8-19(9-6-17)25-22(28)14-27-20-13-18(24(30)26-11-3-4-12-26)7-10-21(20)31-15-23(27)29/h5-10,13,16H,3-4,11-12,14-15H2,1-2H3,(H,25,28). The van der Waals surface area contributed by atoms with Crippen molar-refractivity contribution in [3.63, 3.8) is 0 Å². The summed E-state index contributed by atoms with van der Waals surface area (Å²) < 4.78 is 0. The maximum Gasteiger partial charge on any atom is 0.253 e. The van der Waals surface area contributed by atoms with E-state index >= 15 is 0 Å². The highest BCUT2D eigenvalue weighted by Gasteiger charge is 2.28. The largest absolute Gasteiger partial charge is 0.339 e. The smallest absolute Gasteiger partial charge is 0.253 e. The Morgan fingerprint density at radius 2 is 1.77 bits per heavy atom. The lowest BCUT2D eigenvalue weighted by Crippen LogP contribution is -2.41. The van der Waals surface area contributed by atoms with Gasteiger partial charge in [0.05, 0.1) is 11.4 Å². The predicted molar refractivity (Wildman–Crippen MR) is 124 cm³/mol. The van der Waals surface area contributed by atoms with Crippen molar-refractivity contribution in [1.29, 1.82) is 0 Å². The average Bonchev–Trinajstić information content (AvgIpc) is 3.30. The van der Waals surface area contributed by atoms with Gasteiger partial charge in [-0.25, -0.2) is 0 Å². The lowest BCUT2D eigenvalue weighted by molar-refractivity contribution is -0.120. The summed E-state index contributed by atoms with van der Waals surface area (Å²) in [5.74, 6) is 0.288. The molecule has 2 aromatic carbocycles. The Kier molecular flexibility index (Phi) is 6.32. The van der Waals surface area contributed by atoms with Gasteiger partial charge < -0.3 is 15.1 Å². The van der Waals surface area contributed by atoms with Gasteiger partial charge >= 0.3 is 0 Å². The van der Waals surface area contributed by atoms with Gasteiger partial charge in [-0.2, -0.15) is 0 Å². The molecule has 162 valence electrons. The van der Waals surface area contributed by atoms with E-state index in [-0.39, 0.29) is 30.0 Å². The van der Waals surface area contributed by atoms with Gasteiger partial charge in [0.25, 0.3) is 5.91 Å². The molecule has 0 aromatic heterocycles. The van der Waals surface area contributed by atoms with E-state index in [1.165, 1.54) is 22.2 Å². The summed E-state index contributed by atoms with van der Waals surface area (Å²) in [4.78, 5) is 42.4. The quantitative estimate of drug-likeness (QED) is 0.764. The van der Waals surface area contributed by atoms with Crippen molar-refractivity contribution < 1.29 is 14.4 Å². The van der Waals surface area contributed by atoms with Crippen molar-refractivity contribution in [2.24, 2.45) is 0 Å². The molecule has 0 bridgehead atoms. The van der Waals surface area contributed by atoms with Crippen LogP contribution in [0.2, 0.25) is 0 Å². The maximum atomic E-state index is 12.8. The van der Waals surface area contributed by atoms with Crippen LogP contribution in [0.4, 0.5) is 11.4 Å². The molecule has 2 aromatic rings. The topological polar surface area (TPSA) is 69.7 Å². The number of nitrogens with one attached hydrogen (secondary N) is 1. The SMILES string of the molecule is CC(C)c1ccc(NC(=O)CN2C(=O)CSc3ccc(C(=O)N4CCCC4)cc32)cc1. The molecule has 31 heavy (non-hydrogen) atoms. The highest BCUT2D eigenvalue weighted by atomic mass is 32.2. The molecule has 2 aliphatic rings. The molecule has 7 heteroatoms. The van der Waals surface area contributed by atoms with E-state index in [1.807, 2.05) is 41.3 Å². The molecule has 2 heterocycles. The highest BCUT2D eigenvalue weighted by Crippen LogP contribution is 2.36. The van der Waals surface area contributed by atoms with Crippen molar-refractivity contribution in [1.82, 2.24) is 4.90 Å².